The minimum Gasteiger partial charge on any atom is -0.339 e. The first kappa shape index (κ1) is 33.0. The van der Waals surface area contributed by atoms with Crippen molar-refractivity contribution in [3.8, 4) is 17.1 Å². The van der Waals surface area contributed by atoms with E-state index in [-0.39, 0.29) is 20.1 Å². The van der Waals surface area contributed by atoms with E-state index in [1.807, 2.05) is 67.0 Å². The largest absolute Gasteiger partial charge is 3.00 e. The van der Waals surface area contributed by atoms with Crippen LogP contribution in [0.25, 0.3) is 17.1 Å². The Hall–Kier alpha value is -4.96. The number of para-hydroxylation sites is 1. The van der Waals surface area contributed by atoms with Crippen molar-refractivity contribution in [2.75, 3.05) is 0 Å². The third-order valence-electron chi connectivity index (χ3n) is 9.32. The average molecular weight is 800 g/mol. The average Bonchev–Trinajstić information content (AvgIpc) is 3.58. The molecule has 0 fully saturated rings. The topological polar surface area (TPSA) is 43.6 Å². The second-order valence-electron chi connectivity index (χ2n) is 12.3. The molecule has 48 heavy (non-hydrogen) atoms. The van der Waals surface area contributed by atoms with Crippen LogP contribution in [0.3, 0.4) is 0 Å². The van der Waals surface area contributed by atoms with Gasteiger partial charge in [0.15, 0.2) is 0 Å². The summed E-state index contributed by atoms with van der Waals surface area (Å²) in [4.78, 5) is 15.2. The smallest absolute Gasteiger partial charge is 0.339 e. The van der Waals surface area contributed by atoms with E-state index in [1.165, 1.54) is 0 Å². The predicted octanol–water partition coefficient (Wildman–Crippen LogP) is 9.05. The molecule has 0 spiro atoms. The van der Waals surface area contributed by atoms with Gasteiger partial charge < -0.3 is 4.57 Å². The molecule has 1 unspecified atom stereocenters. The van der Waals surface area contributed by atoms with E-state index in [2.05, 4.69) is 123 Å². The van der Waals surface area contributed by atoms with Gasteiger partial charge in [0.2, 0.25) is 0 Å². The summed E-state index contributed by atoms with van der Waals surface area (Å²) >= 11 is 0. The molecule has 0 radical (unpaired) electrons. The number of pyridine rings is 2. The van der Waals surface area contributed by atoms with Gasteiger partial charge in [-0.15, -0.1) is 46.5 Å². The number of aromatic nitrogens is 4. The Morgan fingerprint density at radius 2 is 1.10 bits per heavy atom. The molecule has 236 valence electrons. The molecule has 7 aromatic rings. The molecule has 3 aromatic heterocycles. The molecular weight excluding hydrogens is 765 g/mol. The molecular formula is C43H35IrN4. The molecule has 0 N–H and O–H groups in total. The first-order chi connectivity index (χ1) is 22.9. The van der Waals surface area contributed by atoms with E-state index in [9.17, 15) is 0 Å². The van der Waals surface area contributed by atoms with Gasteiger partial charge in [-0.2, -0.15) is 60.7 Å². The first-order valence-corrected chi connectivity index (χ1v) is 15.9. The van der Waals surface area contributed by atoms with Crippen LogP contribution >= 0.6 is 0 Å². The van der Waals surface area contributed by atoms with E-state index in [0.29, 0.717) is 0 Å². The summed E-state index contributed by atoms with van der Waals surface area (Å²) in [5.74, 6) is 0.803. The number of benzene rings is 4. The normalized spacial score (nSPS) is 13.6. The molecule has 0 aliphatic carbocycles. The van der Waals surface area contributed by atoms with Crippen LogP contribution in [0.15, 0.2) is 140 Å². The number of nitrogens with zero attached hydrogens (tertiary/aromatic N) is 4. The Balaban J connectivity index is 0.00000401. The maximum atomic E-state index is 5.48. The van der Waals surface area contributed by atoms with Crippen molar-refractivity contribution in [3.05, 3.63) is 203 Å². The molecule has 3 heterocycles. The second-order valence-corrected chi connectivity index (χ2v) is 12.3. The van der Waals surface area contributed by atoms with Gasteiger partial charge in [-0.3, -0.25) is 15.0 Å². The van der Waals surface area contributed by atoms with Crippen molar-refractivity contribution in [3.63, 3.8) is 0 Å². The number of aryl methyl sites for hydroxylation is 2. The first-order valence-electron chi connectivity index (χ1n) is 15.9. The molecule has 2 atom stereocenters. The van der Waals surface area contributed by atoms with E-state index in [0.717, 1.165) is 62.0 Å². The van der Waals surface area contributed by atoms with Crippen molar-refractivity contribution < 1.29 is 20.1 Å². The maximum Gasteiger partial charge on any atom is 3.00 e. The fourth-order valence-electron chi connectivity index (χ4n) is 6.61. The van der Waals surface area contributed by atoms with Crippen LogP contribution in [0.2, 0.25) is 0 Å². The molecule has 0 bridgehead atoms. The van der Waals surface area contributed by atoms with Crippen molar-refractivity contribution in [1.29, 1.82) is 0 Å². The van der Waals surface area contributed by atoms with Crippen LogP contribution in [0.1, 0.15) is 58.7 Å². The van der Waals surface area contributed by atoms with E-state index in [1.54, 1.807) is 0 Å². The number of imidazole rings is 1. The van der Waals surface area contributed by atoms with Crippen LogP contribution < -0.4 is 0 Å². The third-order valence-corrected chi connectivity index (χ3v) is 9.32. The molecule has 0 aliphatic heterocycles. The minimum absolute atomic E-state index is 0. The quantitative estimate of drug-likeness (QED) is 0.144. The minimum atomic E-state index is -0.668. The van der Waals surface area contributed by atoms with Gasteiger partial charge in [-0.25, -0.2) is 0 Å². The van der Waals surface area contributed by atoms with Crippen LogP contribution in [-0.2, 0) is 30.9 Å². The Bertz CT molecular complexity index is 2030. The Morgan fingerprint density at radius 3 is 1.67 bits per heavy atom. The SMILES string of the molecule is Cc1cccc(C)c1-n1cc([C@](C)(c2[c-]cccc2)c2ccccn2)nc1-c1[c-]c(C(C)(c2[c-]cccc2)c2ccccn2)ccc1.[Ir+3]. The van der Waals surface area contributed by atoms with Gasteiger partial charge in [0, 0.05) is 29.7 Å². The van der Waals surface area contributed by atoms with Crippen molar-refractivity contribution >= 4 is 0 Å². The summed E-state index contributed by atoms with van der Waals surface area (Å²) in [6.07, 6.45) is 5.86. The number of hydrogen-bond donors (Lipinski definition) is 0. The Morgan fingerprint density at radius 1 is 0.562 bits per heavy atom. The summed E-state index contributed by atoms with van der Waals surface area (Å²) in [6.45, 7) is 8.69. The Kier molecular flexibility index (Phi) is 9.37. The zero-order valence-corrected chi connectivity index (χ0v) is 29.8. The third kappa shape index (κ3) is 5.74. The van der Waals surface area contributed by atoms with Gasteiger partial charge in [0.25, 0.3) is 0 Å². The van der Waals surface area contributed by atoms with Crippen LogP contribution in [0, 0.1) is 32.0 Å². The molecule has 5 heteroatoms. The summed E-state index contributed by atoms with van der Waals surface area (Å²) in [6, 6.07) is 51.8. The van der Waals surface area contributed by atoms with Crippen LogP contribution in [0.5, 0.6) is 0 Å². The number of hydrogen-bond acceptors (Lipinski definition) is 3. The molecule has 7 rings (SSSR count). The summed E-state index contributed by atoms with van der Waals surface area (Å²) < 4.78 is 2.23. The monoisotopic (exact) mass is 800 g/mol. The summed E-state index contributed by atoms with van der Waals surface area (Å²) in [7, 11) is 0. The van der Waals surface area contributed by atoms with Gasteiger partial charge >= 0.3 is 20.1 Å². The van der Waals surface area contributed by atoms with Gasteiger partial charge in [0.1, 0.15) is 0 Å². The molecule has 0 amide bonds. The molecule has 0 saturated carbocycles. The maximum absolute atomic E-state index is 5.48. The number of rotatable bonds is 8. The van der Waals surface area contributed by atoms with Gasteiger partial charge in [-0.1, -0.05) is 30.3 Å². The van der Waals surface area contributed by atoms with E-state index < -0.39 is 10.8 Å². The molecule has 4 nitrogen and oxygen atoms in total. The van der Waals surface area contributed by atoms with Crippen molar-refractivity contribution in [2.24, 2.45) is 0 Å². The van der Waals surface area contributed by atoms with Crippen molar-refractivity contribution in [2.45, 2.75) is 38.5 Å². The van der Waals surface area contributed by atoms with Gasteiger partial charge in [0.05, 0.1) is 28.3 Å². The van der Waals surface area contributed by atoms with E-state index in [4.69, 9.17) is 15.0 Å². The standard InChI is InChI=1S/C43H35N4.Ir/c1-31-17-15-18-32(2)40(31)47-30-39(43(4,35-22-9-6-10-23-35)38-26-12-14-28-45-38)46-41(47)33-19-16-24-36(29-33)42(3,34-20-7-5-8-21-34)37-25-11-13-27-44-37;/h5-20,22,24-28,30H,1-4H3;/q-3;+3/t42?,43-;/m1./s1. The second kappa shape index (κ2) is 13.6. The zero-order valence-electron chi connectivity index (χ0n) is 27.4. The summed E-state index contributed by atoms with van der Waals surface area (Å²) in [5.41, 5.74) is 8.75. The molecule has 4 aromatic carbocycles. The fraction of sp³-hybridized carbons (Fsp3) is 0.140. The fourth-order valence-corrected chi connectivity index (χ4v) is 6.61. The Labute approximate surface area is 297 Å². The molecule has 0 saturated heterocycles. The van der Waals surface area contributed by atoms with Crippen LogP contribution in [0.4, 0.5) is 0 Å². The predicted molar refractivity (Wildman–Crippen MR) is 187 cm³/mol. The van der Waals surface area contributed by atoms with Crippen LogP contribution in [-0.4, -0.2) is 19.5 Å². The summed E-state index contributed by atoms with van der Waals surface area (Å²) in [5, 5.41) is 0. The van der Waals surface area contributed by atoms with E-state index >= 15 is 0 Å². The zero-order chi connectivity index (χ0) is 32.4. The van der Waals surface area contributed by atoms with Crippen molar-refractivity contribution in [1.82, 2.24) is 19.5 Å². The molecule has 0 aliphatic rings. The van der Waals surface area contributed by atoms with Gasteiger partial charge in [-0.05, 0) is 63.1 Å².